The second-order valence-electron chi connectivity index (χ2n) is 4.71. The van der Waals surface area contributed by atoms with Crippen LogP contribution in [-0.2, 0) is 14.4 Å². The second kappa shape index (κ2) is 6.04. The molecule has 0 radical (unpaired) electrons. The zero-order chi connectivity index (χ0) is 12.1. The van der Waals surface area contributed by atoms with Crippen LogP contribution in [0.1, 0.15) is 25.7 Å². The Hall–Kier alpha value is -0.300. The van der Waals surface area contributed by atoms with Crippen LogP contribution in [0.5, 0.6) is 0 Å². The first-order valence-electron chi connectivity index (χ1n) is 6.08. The van der Waals surface area contributed by atoms with Crippen molar-refractivity contribution >= 4 is 17.7 Å². The zero-order valence-electron chi connectivity index (χ0n) is 9.94. The molecule has 2 aliphatic rings. The summed E-state index contributed by atoms with van der Waals surface area (Å²) in [6, 6.07) is 0.270. The van der Waals surface area contributed by atoms with Crippen molar-refractivity contribution in [2.45, 2.75) is 37.3 Å². The van der Waals surface area contributed by atoms with Crippen LogP contribution in [0, 0.1) is 0 Å². The van der Waals surface area contributed by atoms with Crippen molar-refractivity contribution in [1.82, 2.24) is 5.48 Å². The molecule has 98 valence electrons. The molecule has 0 bridgehead atoms. The third-order valence-electron chi connectivity index (χ3n) is 3.36. The number of nitrogens with one attached hydrogen (secondary N) is 1. The predicted molar refractivity (Wildman–Crippen MR) is 66.5 cm³/mol. The summed E-state index contributed by atoms with van der Waals surface area (Å²) in [5.41, 5.74) is 7.99. The largest absolute Gasteiger partial charge is 0.375 e. The maximum atomic E-state index is 10.6. The average Bonchev–Trinajstić information content (AvgIpc) is 2.29. The molecule has 2 saturated heterocycles. The van der Waals surface area contributed by atoms with E-state index in [1.54, 1.807) is 0 Å². The fourth-order valence-corrected chi connectivity index (χ4v) is 3.69. The molecule has 0 aromatic carbocycles. The van der Waals surface area contributed by atoms with Crippen LogP contribution < -0.4 is 11.2 Å². The Morgan fingerprint density at radius 3 is 3.00 bits per heavy atom. The lowest BCUT2D eigenvalue weighted by Gasteiger charge is -2.43. The van der Waals surface area contributed by atoms with Crippen LogP contribution >= 0.6 is 11.8 Å². The number of carbonyl (C=O) groups is 1. The molecule has 0 aromatic rings. The summed E-state index contributed by atoms with van der Waals surface area (Å²) >= 11 is 1.99. The highest BCUT2D eigenvalue weighted by Gasteiger charge is 2.38. The van der Waals surface area contributed by atoms with Crippen molar-refractivity contribution in [3.8, 4) is 0 Å². The van der Waals surface area contributed by atoms with Gasteiger partial charge in [-0.2, -0.15) is 17.2 Å². The molecule has 2 rings (SSSR count). The van der Waals surface area contributed by atoms with E-state index in [0.29, 0.717) is 0 Å². The fraction of sp³-hybridized carbons (Fsp3) is 0.909. The molecule has 1 atom stereocenters. The maximum Gasteiger partial charge on any atom is 0.245 e. The summed E-state index contributed by atoms with van der Waals surface area (Å²) in [4.78, 5) is 15.6. The number of hydrogen-bond donors (Lipinski definition) is 2. The predicted octanol–water partition coefficient (Wildman–Crippen LogP) is 0.438. The van der Waals surface area contributed by atoms with Crippen molar-refractivity contribution in [3.63, 3.8) is 0 Å². The third kappa shape index (κ3) is 3.84. The summed E-state index contributed by atoms with van der Waals surface area (Å²) in [5.74, 6) is 1.90. The Kier molecular flexibility index (Phi) is 4.67. The van der Waals surface area contributed by atoms with Crippen LogP contribution in [0.2, 0.25) is 0 Å². The monoisotopic (exact) mass is 260 g/mol. The molecule has 5 nitrogen and oxygen atoms in total. The summed E-state index contributed by atoms with van der Waals surface area (Å²) in [6.45, 7) is 0.697. The standard InChI is InChI=1S/C11H20N2O3S/c12-10(14)8-16-13-9-1-4-15-11(7-9)2-5-17-6-3-11/h9,13H,1-8H2,(H2,12,14). The fourth-order valence-electron chi connectivity index (χ4n) is 2.45. The molecule has 2 aliphatic heterocycles. The van der Waals surface area contributed by atoms with Crippen LogP contribution in [-0.4, -0.2) is 42.3 Å². The van der Waals surface area contributed by atoms with Gasteiger partial charge in [0, 0.05) is 12.6 Å². The van der Waals surface area contributed by atoms with Gasteiger partial charge in [-0.15, -0.1) is 0 Å². The lowest BCUT2D eigenvalue weighted by molar-refractivity contribution is -0.133. The molecule has 0 aromatic heterocycles. The van der Waals surface area contributed by atoms with E-state index in [1.807, 2.05) is 11.8 Å². The van der Waals surface area contributed by atoms with Crippen molar-refractivity contribution in [2.24, 2.45) is 5.73 Å². The van der Waals surface area contributed by atoms with Gasteiger partial charge in [0.05, 0.1) is 5.60 Å². The van der Waals surface area contributed by atoms with Crippen LogP contribution in [0.4, 0.5) is 0 Å². The number of carbonyl (C=O) groups excluding carboxylic acids is 1. The molecule has 3 N–H and O–H groups in total. The van der Waals surface area contributed by atoms with E-state index < -0.39 is 5.91 Å². The Bertz CT molecular complexity index is 264. The smallest absolute Gasteiger partial charge is 0.245 e. The molecule has 2 heterocycles. The quantitative estimate of drug-likeness (QED) is 0.717. The Morgan fingerprint density at radius 2 is 2.29 bits per heavy atom. The SMILES string of the molecule is NC(=O)CONC1CCOC2(CCSCC2)C1. The topological polar surface area (TPSA) is 73.6 Å². The van der Waals surface area contributed by atoms with E-state index in [1.165, 1.54) is 11.5 Å². The van der Waals surface area contributed by atoms with E-state index in [0.717, 1.165) is 32.3 Å². The first kappa shape index (κ1) is 13.1. The maximum absolute atomic E-state index is 10.6. The van der Waals surface area contributed by atoms with Gasteiger partial charge >= 0.3 is 0 Å². The van der Waals surface area contributed by atoms with E-state index in [9.17, 15) is 4.79 Å². The number of amides is 1. The number of hydroxylamine groups is 1. The number of thioether (sulfide) groups is 1. The Morgan fingerprint density at radius 1 is 1.53 bits per heavy atom. The minimum Gasteiger partial charge on any atom is -0.375 e. The van der Waals surface area contributed by atoms with Crippen molar-refractivity contribution in [2.75, 3.05) is 24.7 Å². The highest BCUT2D eigenvalue weighted by Crippen LogP contribution is 2.37. The van der Waals surface area contributed by atoms with Gasteiger partial charge in [0.15, 0.2) is 0 Å². The molecule has 2 fully saturated rings. The molecule has 0 aliphatic carbocycles. The lowest BCUT2D eigenvalue weighted by Crippen LogP contribution is -2.49. The first-order valence-corrected chi connectivity index (χ1v) is 7.23. The van der Waals surface area contributed by atoms with Gasteiger partial charge in [-0.25, -0.2) is 0 Å². The van der Waals surface area contributed by atoms with Gasteiger partial charge in [0.25, 0.3) is 0 Å². The second-order valence-corrected chi connectivity index (χ2v) is 5.93. The highest BCUT2D eigenvalue weighted by atomic mass is 32.2. The highest BCUT2D eigenvalue weighted by molar-refractivity contribution is 7.99. The summed E-state index contributed by atoms with van der Waals surface area (Å²) in [7, 11) is 0. The molecule has 17 heavy (non-hydrogen) atoms. The molecule has 1 spiro atoms. The molecule has 0 saturated carbocycles. The van der Waals surface area contributed by atoms with Crippen molar-refractivity contribution < 1.29 is 14.4 Å². The first-order chi connectivity index (χ1) is 8.20. The normalized spacial score (nSPS) is 28.1. The van der Waals surface area contributed by atoms with Crippen LogP contribution in [0.25, 0.3) is 0 Å². The molecule has 1 unspecified atom stereocenters. The Balaban J connectivity index is 1.77. The van der Waals surface area contributed by atoms with Crippen molar-refractivity contribution in [3.05, 3.63) is 0 Å². The van der Waals surface area contributed by atoms with Gasteiger partial charge in [-0.1, -0.05) is 0 Å². The van der Waals surface area contributed by atoms with Gasteiger partial charge in [0.1, 0.15) is 6.61 Å². The minimum atomic E-state index is -0.451. The zero-order valence-corrected chi connectivity index (χ0v) is 10.8. The number of primary amides is 1. The van der Waals surface area contributed by atoms with Gasteiger partial charge in [-0.3, -0.25) is 9.63 Å². The lowest BCUT2D eigenvalue weighted by atomic mass is 9.86. The average molecular weight is 260 g/mol. The van der Waals surface area contributed by atoms with Gasteiger partial charge in [-0.05, 0) is 37.2 Å². The van der Waals surface area contributed by atoms with E-state index in [4.69, 9.17) is 15.3 Å². The molecule has 6 heteroatoms. The number of hydrogen-bond acceptors (Lipinski definition) is 5. The molecule has 1 amide bonds. The van der Waals surface area contributed by atoms with E-state index in [2.05, 4.69) is 5.48 Å². The Labute approximate surface area is 106 Å². The van der Waals surface area contributed by atoms with Gasteiger partial charge in [0.2, 0.25) is 5.91 Å². The van der Waals surface area contributed by atoms with Crippen LogP contribution in [0.15, 0.2) is 0 Å². The summed E-state index contributed by atoms with van der Waals surface area (Å²) in [5, 5.41) is 0. The molecular formula is C11H20N2O3S. The van der Waals surface area contributed by atoms with Crippen LogP contribution in [0.3, 0.4) is 0 Å². The third-order valence-corrected chi connectivity index (χ3v) is 4.35. The van der Waals surface area contributed by atoms with E-state index >= 15 is 0 Å². The minimum absolute atomic E-state index is 0.0389. The van der Waals surface area contributed by atoms with Crippen molar-refractivity contribution in [1.29, 1.82) is 0 Å². The van der Waals surface area contributed by atoms with E-state index in [-0.39, 0.29) is 18.2 Å². The number of ether oxygens (including phenoxy) is 1. The molecular weight excluding hydrogens is 240 g/mol. The summed E-state index contributed by atoms with van der Waals surface area (Å²) in [6.07, 6.45) is 4.12. The number of nitrogens with two attached hydrogens (primary N) is 1. The van der Waals surface area contributed by atoms with Gasteiger partial charge < -0.3 is 10.5 Å². The number of rotatable bonds is 4. The summed E-state index contributed by atoms with van der Waals surface area (Å²) < 4.78 is 5.96.